The van der Waals surface area contributed by atoms with Gasteiger partial charge in [0, 0.05) is 10.8 Å². The van der Waals surface area contributed by atoms with Crippen molar-refractivity contribution in [2.24, 2.45) is 0 Å². The van der Waals surface area contributed by atoms with Gasteiger partial charge in [0.2, 0.25) is 0 Å². The van der Waals surface area contributed by atoms with Crippen LogP contribution >= 0.6 is 0 Å². The van der Waals surface area contributed by atoms with Crippen molar-refractivity contribution in [2.45, 2.75) is 6.42 Å². The van der Waals surface area contributed by atoms with Gasteiger partial charge in [0.1, 0.15) is 11.2 Å². The minimum Gasteiger partial charge on any atom is -0.456 e. The molecule has 0 aliphatic carbocycles. The monoisotopic (exact) mass is 647 g/mol. The predicted molar refractivity (Wildman–Crippen MR) is 212 cm³/mol. The van der Waals surface area contributed by atoms with Crippen LogP contribution in [-0.4, -0.2) is 0 Å². The first-order chi connectivity index (χ1) is 29.4. The SMILES string of the molecule is [2H]c1c([2H])c([2H])c(Cc2c([2H])c([2H])c([2H])c3oc4c([2H])c([2H])c([2H])c(-c5ccc6cc(-c7c8ccccc8c(-c8ccccc8)c8ccccc78)ccc6c5)c4c23)c([2H])c1[2H]. The summed E-state index contributed by atoms with van der Waals surface area (Å²) in [7, 11) is 0. The third-order valence-electron chi connectivity index (χ3n) is 9.53. The van der Waals surface area contributed by atoms with Gasteiger partial charge in [-0.2, -0.15) is 0 Å². The minimum atomic E-state index is -0.569. The summed E-state index contributed by atoms with van der Waals surface area (Å²) in [6, 6.07) is 34.1. The van der Waals surface area contributed by atoms with Crippen LogP contribution in [0.4, 0.5) is 0 Å². The Kier molecular flexibility index (Phi) is 4.54. The van der Waals surface area contributed by atoms with Gasteiger partial charge in [-0.05, 0) is 107 Å². The summed E-state index contributed by atoms with van der Waals surface area (Å²) in [4.78, 5) is 0. The van der Waals surface area contributed by atoms with E-state index in [4.69, 9.17) is 18.1 Å². The van der Waals surface area contributed by atoms with Crippen LogP contribution in [0.15, 0.2) is 186 Å². The topological polar surface area (TPSA) is 13.1 Å². The van der Waals surface area contributed by atoms with Crippen LogP contribution in [0, 0.1) is 0 Å². The molecule has 1 heterocycles. The number of benzene rings is 9. The lowest BCUT2D eigenvalue weighted by Gasteiger charge is -2.18. The Hall–Kier alpha value is -6.44. The highest BCUT2D eigenvalue weighted by molar-refractivity contribution is 6.22. The lowest BCUT2D eigenvalue weighted by atomic mass is 9.85. The summed E-state index contributed by atoms with van der Waals surface area (Å²) in [6.07, 6.45) is -0.384. The first-order valence-corrected chi connectivity index (χ1v) is 16.4. The zero-order valence-corrected chi connectivity index (χ0v) is 26.6. The molecule has 0 N–H and O–H groups in total. The molecule has 1 heteroatoms. The molecule has 50 heavy (non-hydrogen) atoms. The van der Waals surface area contributed by atoms with Gasteiger partial charge < -0.3 is 4.42 Å². The first-order valence-electron chi connectivity index (χ1n) is 21.9. The number of rotatable bonds is 5. The summed E-state index contributed by atoms with van der Waals surface area (Å²) >= 11 is 0. The van der Waals surface area contributed by atoms with E-state index in [1.807, 2.05) is 30.3 Å². The highest BCUT2D eigenvalue weighted by Crippen LogP contribution is 2.45. The molecule has 0 saturated heterocycles. The summed E-state index contributed by atoms with van der Waals surface area (Å²) in [5.74, 6) is 0. The third kappa shape index (κ3) is 4.63. The molecule has 0 atom stereocenters. The molecule has 10 rings (SSSR count). The van der Waals surface area contributed by atoms with Gasteiger partial charge in [-0.1, -0.05) is 158 Å². The second-order valence-electron chi connectivity index (χ2n) is 12.4. The number of fused-ring (bicyclic) bond motifs is 6. The quantitative estimate of drug-likeness (QED) is 0.169. The maximum Gasteiger partial charge on any atom is 0.136 e. The average Bonchev–Trinajstić information content (AvgIpc) is 3.68. The van der Waals surface area contributed by atoms with Crippen LogP contribution in [-0.2, 0) is 6.42 Å². The molecule has 0 aliphatic heterocycles. The van der Waals surface area contributed by atoms with Gasteiger partial charge in [0.05, 0.1) is 15.1 Å². The van der Waals surface area contributed by atoms with Gasteiger partial charge in [0.25, 0.3) is 0 Å². The van der Waals surface area contributed by atoms with Crippen molar-refractivity contribution in [3.8, 4) is 33.4 Å². The van der Waals surface area contributed by atoms with E-state index in [9.17, 15) is 1.37 Å². The van der Waals surface area contributed by atoms with Crippen molar-refractivity contribution in [1.82, 2.24) is 0 Å². The van der Waals surface area contributed by atoms with E-state index in [0.717, 1.165) is 49.0 Å². The smallest absolute Gasteiger partial charge is 0.136 e. The van der Waals surface area contributed by atoms with Gasteiger partial charge in [-0.15, -0.1) is 0 Å². The predicted octanol–water partition coefficient (Wildman–Crippen LogP) is 13.6. The summed E-state index contributed by atoms with van der Waals surface area (Å²) in [5.41, 5.74) is 4.81. The summed E-state index contributed by atoms with van der Waals surface area (Å²) in [6.45, 7) is 0. The summed E-state index contributed by atoms with van der Waals surface area (Å²) < 4.78 is 101. The average molecular weight is 648 g/mol. The second kappa shape index (κ2) is 11.6. The van der Waals surface area contributed by atoms with E-state index >= 15 is 0 Å². The molecule has 0 fully saturated rings. The molecule has 0 amide bonds. The lowest BCUT2D eigenvalue weighted by Crippen LogP contribution is -1.91. The van der Waals surface area contributed by atoms with E-state index in [0.29, 0.717) is 5.56 Å². The fourth-order valence-electron chi connectivity index (χ4n) is 7.37. The van der Waals surface area contributed by atoms with Crippen LogP contribution in [0.5, 0.6) is 0 Å². The molecule has 0 bridgehead atoms. The molecule has 10 aromatic rings. The largest absolute Gasteiger partial charge is 0.456 e. The fourth-order valence-corrected chi connectivity index (χ4v) is 7.37. The molecular formula is C49H32O. The molecule has 0 saturated carbocycles. The normalized spacial score (nSPS) is 14.8. The number of hydrogen-bond donors (Lipinski definition) is 0. The van der Waals surface area contributed by atoms with Crippen molar-refractivity contribution in [3.05, 3.63) is 193 Å². The van der Waals surface area contributed by atoms with E-state index < -0.39 is 60.4 Å². The van der Waals surface area contributed by atoms with Gasteiger partial charge in [-0.3, -0.25) is 0 Å². The molecule has 0 radical (unpaired) electrons. The van der Waals surface area contributed by atoms with Crippen LogP contribution < -0.4 is 0 Å². The zero-order chi connectivity index (χ0) is 42.6. The summed E-state index contributed by atoms with van der Waals surface area (Å²) in [5, 5.41) is 6.53. The maximum absolute atomic E-state index is 9.24. The Morgan fingerprint density at radius 2 is 1.00 bits per heavy atom. The highest BCUT2D eigenvalue weighted by Gasteiger charge is 2.18. The van der Waals surface area contributed by atoms with Gasteiger partial charge in [-0.25, -0.2) is 0 Å². The molecular weight excluding hydrogens is 605 g/mol. The van der Waals surface area contributed by atoms with Crippen molar-refractivity contribution < 1.29 is 19.5 Å². The van der Waals surface area contributed by atoms with Crippen molar-refractivity contribution in [1.29, 1.82) is 0 Å². The Balaban J connectivity index is 1.20. The number of furan rings is 1. The van der Waals surface area contributed by atoms with Gasteiger partial charge >= 0.3 is 0 Å². The fraction of sp³-hybridized carbons (Fsp3) is 0.0204. The van der Waals surface area contributed by atoms with E-state index in [1.165, 1.54) is 5.56 Å². The lowest BCUT2D eigenvalue weighted by molar-refractivity contribution is 0.669. The molecule has 0 unspecified atom stereocenters. The van der Waals surface area contributed by atoms with Crippen LogP contribution in [0.25, 0.3) is 87.6 Å². The van der Waals surface area contributed by atoms with Crippen LogP contribution in [0.2, 0.25) is 0 Å². The second-order valence-corrected chi connectivity index (χ2v) is 12.4. The molecule has 9 aromatic carbocycles. The Bertz CT molecular complexity index is 3440. The number of hydrogen-bond acceptors (Lipinski definition) is 1. The van der Waals surface area contributed by atoms with Crippen molar-refractivity contribution >= 4 is 54.3 Å². The van der Waals surface area contributed by atoms with Crippen molar-refractivity contribution in [3.63, 3.8) is 0 Å². The Labute approximate surface area is 306 Å². The molecule has 234 valence electrons. The first kappa shape index (κ1) is 19.5. The molecule has 1 nitrogen and oxygen atoms in total. The van der Waals surface area contributed by atoms with E-state index in [1.54, 1.807) is 0 Å². The molecule has 0 aliphatic rings. The minimum absolute atomic E-state index is 0.0502. The standard InChI is InChI=1S/C49H32O/c1-3-13-32(14-4-1)29-37-17-11-23-44-48(37)49-39(22-12-24-45(49)50-44)36-27-25-35-31-38(28-26-34(35)30-36)47-42-20-9-7-18-40(42)46(33-15-5-2-6-16-33)41-19-8-10-21-43(41)47/h1-28,30-31H,29H2/i1D,3D,4D,11D,12D,13D,14D,17D,22D,23D,24D. The van der Waals surface area contributed by atoms with E-state index in [2.05, 4.69) is 84.9 Å². The van der Waals surface area contributed by atoms with Crippen LogP contribution in [0.3, 0.4) is 0 Å². The van der Waals surface area contributed by atoms with E-state index in [-0.39, 0.29) is 51.1 Å². The molecule has 1 aromatic heterocycles. The van der Waals surface area contributed by atoms with Crippen molar-refractivity contribution in [2.75, 3.05) is 0 Å². The third-order valence-corrected chi connectivity index (χ3v) is 9.53. The zero-order valence-electron chi connectivity index (χ0n) is 37.6. The Morgan fingerprint density at radius 1 is 0.440 bits per heavy atom. The highest BCUT2D eigenvalue weighted by atomic mass is 16.3. The maximum atomic E-state index is 9.24. The van der Waals surface area contributed by atoms with Crippen LogP contribution in [0.1, 0.15) is 26.2 Å². The van der Waals surface area contributed by atoms with Gasteiger partial charge in [0.15, 0.2) is 0 Å². The molecule has 0 spiro atoms. The Morgan fingerprint density at radius 3 is 1.68 bits per heavy atom.